The van der Waals surface area contributed by atoms with Crippen LogP contribution in [-0.2, 0) is 10.2 Å². The number of halogens is 3. The maximum Gasteiger partial charge on any atom is 0.412 e. The van der Waals surface area contributed by atoms with E-state index in [4.69, 9.17) is 5.11 Å². The number of carboxylic acid groups (broad SMARTS) is 1. The van der Waals surface area contributed by atoms with Gasteiger partial charge in [0.05, 0.1) is 0 Å². The molecule has 1 atom stereocenters. The Bertz CT molecular complexity index is 397. The molecule has 0 amide bonds. The van der Waals surface area contributed by atoms with Crippen molar-refractivity contribution in [1.82, 2.24) is 0 Å². The second-order valence-corrected chi connectivity index (χ2v) is 3.18. The number of hydrogen-bond acceptors (Lipinski definition) is 1. The smallest absolute Gasteiger partial charge is 0.412 e. The standard InChI is InChI=1S/C11H9F3O2/c1-2-10(9(15)16,11(12,13)14)8-6-4-3-5-7-8/h2-7H,1H2,(H,15,16)/t10-/m1/s1. The highest BCUT2D eigenvalue weighted by atomic mass is 19.4. The molecule has 0 radical (unpaired) electrons. The molecule has 0 saturated heterocycles. The molecule has 0 aliphatic carbocycles. The van der Waals surface area contributed by atoms with Gasteiger partial charge in [-0.25, -0.2) is 0 Å². The van der Waals surface area contributed by atoms with Gasteiger partial charge in [-0.3, -0.25) is 4.79 Å². The Labute approximate surface area is 90.0 Å². The number of alkyl halides is 3. The molecule has 1 rings (SSSR count). The number of benzene rings is 1. The molecular weight excluding hydrogens is 221 g/mol. The van der Waals surface area contributed by atoms with Gasteiger partial charge in [-0.15, -0.1) is 6.58 Å². The SMILES string of the molecule is C=C[C@](C(=O)O)(c1ccccc1)C(F)(F)F. The van der Waals surface area contributed by atoms with Crippen LogP contribution in [0.15, 0.2) is 43.0 Å². The molecule has 0 unspecified atom stereocenters. The lowest BCUT2D eigenvalue weighted by Crippen LogP contribution is -2.47. The Hall–Kier alpha value is -1.78. The average Bonchev–Trinajstić information content (AvgIpc) is 2.18. The number of hydrogen-bond donors (Lipinski definition) is 1. The lowest BCUT2D eigenvalue weighted by Gasteiger charge is -2.28. The number of carbonyl (C=O) groups is 1. The monoisotopic (exact) mass is 230 g/mol. The van der Waals surface area contributed by atoms with E-state index in [1.54, 1.807) is 0 Å². The van der Waals surface area contributed by atoms with Crippen LogP contribution >= 0.6 is 0 Å². The number of aliphatic carboxylic acids is 1. The lowest BCUT2D eigenvalue weighted by molar-refractivity contribution is -0.194. The molecule has 0 aliphatic rings. The number of rotatable bonds is 3. The van der Waals surface area contributed by atoms with Crippen LogP contribution in [0.2, 0.25) is 0 Å². The minimum absolute atomic E-state index is 0.356. The van der Waals surface area contributed by atoms with Crippen molar-refractivity contribution in [2.45, 2.75) is 11.6 Å². The van der Waals surface area contributed by atoms with Gasteiger partial charge in [0.25, 0.3) is 0 Å². The first kappa shape index (κ1) is 12.3. The van der Waals surface area contributed by atoms with Gasteiger partial charge in [0, 0.05) is 0 Å². The lowest BCUT2D eigenvalue weighted by atomic mass is 9.80. The first-order chi connectivity index (χ1) is 7.36. The van der Waals surface area contributed by atoms with Crippen LogP contribution in [0.5, 0.6) is 0 Å². The Kier molecular flexibility index (Phi) is 3.07. The van der Waals surface area contributed by atoms with Gasteiger partial charge in [0.2, 0.25) is 5.41 Å². The fourth-order valence-electron chi connectivity index (χ4n) is 1.43. The van der Waals surface area contributed by atoms with Crippen LogP contribution < -0.4 is 0 Å². The van der Waals surface area contributed by atoms with E-state index < -0.39 is 17.6 Å². The van der Waals surface area contributed by atoms with E-state index >= 15 is 0 Å². The van der Waals surface area contributed by atoms with Crippen molar-refractivity contribution in [2.75, 3.05) is 0 Å². The Morgan fingerprint density at radius 1 is 1.25 bits per heavy atom. The maximum absolute atomic E-state index is 12.9. The molecule has 16 heavy (non-hydrogen) atoms. The Morgan fingerprint density at radius 2 is 1.75 bits per heavy atom. The summed E-state index contributed by atoms with van der Waals surface area (Å²) in [6.07, 6.45) is -4.52. The van der Waals surface area contributed by atoms with E-state index in [-0.39, 0.29) is 5.56 Å². The van der Waals surface area contributed by atoms with Crippen LogP contribution in [-0.4, -0.2) is 17.3 Å². The molecule has 0 aromatic heterocycles. The molecule has 0 fully saturated rings. The predicted octanol–water partition coefficient (Wildman–Crippen LogP) is 2.76. The highest BCUT2D eigenvalue weighted by Crippen LogP contribution is 2.42. The second-order valence-electron chi connectivity index (χ2n) is 3.18. The fourth-order valence-corrected chi connectivity index (χ4v) is 1.43. The summed E-state index contributed by atoms with van der Waals surface area (Å²) in [5, 5.41) is 8.82. The Morgan fingerprint density at radius 3 is 2.06 bits per heavy atom. The third kappa shape index (κ3) is 1.68. The zero-order chi connectivity index (χ0) is 12.4. The van der Waals surface area contributed by atoms with Crippen LogP contribution in [0.25, 0.3) is 0 Å². The molecule has 2 nitrogen and oxygen atoms in total. The normalized spacial score (nSPS) is 15.2. The highest BCUT2D eigenvalue weighted by molar-refractivity contribution is 5.85. The largest absolute Gasteiger partial charge is 0.480 e. The highest BCUT2D eigenvalue weighted by Gasteiger charge is 2.59. The zero-order valence-corrected chi connectivity index (χ0v) is 8.16. The summed E-state index contributed by atoms with van der Waals surface area (Å²) >= 11 is 0. The molecule has 0 aliphatic heterocycles. The summed E-state index contributed by atoms with van der Waals surface area (Å²) in [4.78, 5) is 10.9. The summed E-state index contributed by atoms with van der Waals surface area (Å²) in [6.45, 7) is 3.00. The second kappa shape index (κ2) is 4.00. The van der Waals surface area contributed by atoms with Gasteiger partial charge < -0.3 is 5.11 Å². The van der Waals surface area contributed by atoms with E-state index in [9.17, 15) is 18.0 Å². The van der Waals surface area contributed by atoms with E-state index in [0.29, 0.717) is 6.08 Å². The van der Waals surface area contributed by atoms with Gasteiger partial charge in [-0.2, -0.15) is 13.2 Å². The molecule has 1 aromatic rings. The van der Waals surface area contributed by atoms with E-state index in [0.717, 1.165) is 12.1 Å². The first-order valence-electron chi connectivity index (χ1n) is 4.35. The average molecular weight is 230 g/mol. The summed E-state index contributed by atoms with van der Waals surface area (Å²) in [6, 6.07) is 6.44. The summed E-state index contributed by atoms with van der Waals surface area (Å²) < 4.78 is 38.6. The minimum atomic E-state index is -4.93. The molecule has 0 bridgehead atoms. The van der Waals surface area contributed by atoms with Crippen molar-refractivity contribution in [2.24, 2.45) is 0 Å². The number of carboxylic acids is 1. The summed E-state index contributed by atoms with van der Waals surface area (Å²) in [5.74, 6) is -1.98. The molecule has 0 saturated carbocycles. The summed E-state index contributed by atoms with van der Waals surface area (Å²) in [7, 11) is 0. The van der Waals surface area contributed by atoms with Crippen molar-refractivity contribution in [3.05, 3.63) is 48.6 Å². The van der Waals surface area contributed by atoms with E-state index in [1.807, 2.05) is 0 Å². The predicted molar refractivity (Wildman–Crippen MR) is 52.0 cm³/mol. The van der Waals surface area contributed by atoms with E-state index in [2.05, 4.69) is 6.58 Å². The molecule has 86 valence electrons. The van der Waals surface area contributed by atoms with Crippen molar-refractivity contribution in [1.29, 1.82) is 0 Å². The first-order valence-corrected chi connectivity index (χ1v) is 4.35. The van der Waals surface area contributed by atoms with Gasteiger partial charge >= 0.3 is 12.1 Å². The van der Waals surface area contributed by atoms with Crippen LogP contribution in [0.3, 0.4) is 0 Å². The van der Waals surface area contributed by atoms with Crippen molar-refractivity contribution < 1.29 is 23.1 Å². The quantitative estimate of drug-likeness (QED) is 0.810. The third-order valence-corrected chi connectivity index (χ3v) is 2.32. The Balaban J connectivity index is 3.48. The van der Waals surface area contributed by atoms with Crippen molar-refractivity contribution in [3.8, 4) is 0 Å². The molecule has 1 N–H and O–H groups in total. The molecule has 5 heteroatoms. The van der Waals surface area contributed by atoms with Crippen molar-refractivity contribution in [3.63, 3.8) is 0 Å². The fraction of sp³-hybridized carbons (Fsp3) is 0.182. The molecule has 0 heterocycles. The van der Waals surface area contributed by atoms with E-state index in [1.165, 1.54) is 18.2 Å². The van der Waals surface area contributed by atoms with Gasteiger partial charge in [0.1, 0.15) is 0 Å². The van der Waals surface area contributed by atoms with Crippen LogP contribution in [0, 0.1) is 0 Å². The third-order valence-electron chi connectivity index (χ3n) is 2.32. The molecule has 0 spiro atoms. The molecule has 1 aromatic carbocycles. The maximum atomic E-state index is 12.9. The summed E-state index contributed by atoms with van der Waals surface area (Å²) in [5.41, 5.74) is -3.40. The van der Waals surface area contributed by atoms with Crippen molar-refractivity contribution >= 4 is 5.97 Å². The van der Waals surface area contributed by atoms with Crippen LogP contribution in [0.4, 0.5) is 13.2 Å². The minimum Gasteiger partial charge on any atom is -0.480 e. The molecular formula is C11H9F3O2. The van der Waals surface area contributed by atoms with Gasteiger partial charge in [-0.05, 0) is 5.56 Å². The van der Waals surface area contributed by atoms with Gasteiger partial charge in [-0.1, -0.05) is 36.4 Å². The van der Waals surface area contributed by atoms with Crippen LogP contribution in [0.1, 0.15) is 5.56 Å². The van der Waals surface area contributed by atoms with Gasteiger partial charge in [0.15, 0.2) is 0 Å². The topological polar surface area (TPSA) is 37.3 Å². The zero-order valence-electron chi connectivity index (χ0n) is 8.16.